The van der Waals surface area contributed by atoms with E-state index in [0.717, 1.165) is 25.0 Å². The van der Waals surface area contributed by atoms with Crippen LogP contribution in [0.15, 0.2) is 18.2 Å². The van der Waals surface area contributed by atoms with Crippen molar-refractivity contribution >= 4 is 17.3 Å². The van der Waals surface area contributed by atoms with Gasteiger partial charge in [-0.1, -0.05) is 6.42 Å². The van der Waals surface area contributed by atoms with E-state index in [1.807, 2.05) is 0 Å². The molecule has 0 atom stereocenters. The fourth-order valence-electron chi connectivity index (χ4n) is 1.58. The molecule has 104 valence electrons. The zero-order valence-electron chi connectivity index (χ0n) is 10.4. The molecule has 1 aromatic rings. The molecule has 0 heterocycles. The number of carbonyl (C=O) groups is 1. The first-order chi connectivity index (χ1) is 9.04. The molecular weight excluding hydrogens is 253 g/mol. The zero-order valence-corrected chi connectivity index (χ0v) is 10.4. The number of unbranched alkanes of at least 4 members (excludes halogenated alkanes) is 2. The Labute approximate surface area is 109 Å². The monoisotopic (exact) mass is 269 g/mol. The molecule has 1 aromatic carbocycles. The summed E-state index contributed by atoms with van der Waals surface area (Å²) in [5.74, 6) is -1.04. The molecule has 0 bridgehead atoms. The van der Waals surface area contributed by atoms with Crippen LogP contribution in [0.5, 0.6) is 0 Å². The van der Waals surface area contributed by atoms with Crippen molar-refractivity contribution in [3.63, 3.8) is 0 Å². The van der Waals surface area contributed by atoms with Crippen LogP contribution in [0.3, 0.4) is 0 Å². The van der Waals surface area contributed by atoms with E-state index in [0.29, 0.717) is 13.0 Å². The van der Waals surface area contributed by atoms with Crippen LogP contribution < -0.4 is 11.1 Å². The van der Waals surface area contributed by atoms with Crippen LogP contribution in [0.25, 0.3) is 0 Å². The molecule has 0 aliphatic carbocycles. The van der Waals surface area contributed by atoms with Crippen LogP contribution in [0.1, 0.15) is 25.7 Å². The number of benzene rings is 1. The van der Waals surface area contributed by atoms with Crippen LogP contribution in [0.2, 0.25) is 0 Å². The van der Waals surface area contributed by atoms with Gasteiger partial charge in [-0.15, -0.1) is 0 Å². The van der Waals surface area contributed by atoms with E-state index < -0.39 is 16.4 Å². The molecule has 7 heteroatoms. The van der Waals surface area contributed by atoms with E-state index in [1.165, 1.54) is 6.07 Å². The molecule has 19 heavy (non-hydrogen) atoms. The smallest absolute Gasteiger partial charge is 0.295 e. The van der Waals surface area contributed by atoms with Gasteiger partial charge in [-0.3, -0.25) is 14.9 Å². The zero-order chi connectivity index (χ0) is 14.3. The van der Waals surface area contributed by atoms with Gasteiger partial charge >= 0.3 is 0 Å². The molecule has 0 radical (unpaired) electrons. The first-order valence-corrected chi connectivity index (χ1v) is 5.98. The van der Waals surface area contributed by atoms with Gasteiger partial charge < -0.3 is 11.1 Å². The van der Waals surface area contributed by atoms with E-state index in [1.54, 1.807) is 0 Å². The Balaban J connectivity index is 2.61. The Morgan fingerprint density at radius 2 is 2.11 bits per heavy atom. The van der Waals surface area contributed by atoms with Gasteiger partial charge in [-0.25, -0.2) is 4.39 Å². The first-order valence-electron chi connectivity index (χ1n) is 5.98. The number of rotatable bonds is 7. The van der Waals surface area contributed by atoms with Crippen molar-refractivity contribution in [1.29, 1.82) is 0 Å². The molecular formula is C12H16FN3O3. The highest BCUT2D eigenvalue weighted by atomic mass is 19.1. The number of nitro groups is 1. The topological polar surface area (TPSA) is 98.3 Å². The van der Waals surface area contributed by atoms with Crippen LogP contribution in [-0.2, 0) is 4.79 Å². The second-order valence-electron chi connectivity index (χ2n) is 4.07. The van der Waals surface area contributed by atoms with Crippen molar-refractivity contribution in [2.75, 3.05) is 11.9 Å². The minimum absolute atomic E-state index is 0.00947. The third kappa shape index (κ3) is 5.01. The van der Waals surface area contributed by atoms with Gasteiger partial charge in [0.25, 0.3) is 5.69 Å². The van der Waals surface area contributed by atoms with Crippen LogP contribution in [0, 0.1) is 15.9 Å². The molecule has 0 fully saturated rings. The number of amides is 1. The molecule has 3 N–H and O–H groups in total. The van der Waals surface area contributed by atoms with E-state index >= 15 is 0 Å². The Kier molecular flexibility index (Phi) is 5.87. The predicted molar refractivity (Wildman–Crippen MR) is 69.2 cm³/mol. The summed E-state index contributed by atoms with van der Waals surface area (Å²) in [5, 5.41) is 13.1. The minimum atomic E-state index is -0.729. The molecule has 1 rings (SSSR count). The van der Waals surface area contributed by atoms with Gasteiger partial charge in [0.05, 0.1) is 11.0 Å². The van der Waals surface area contributed by atoms with E-state index in [4.69, 9.17) is 5.73 Å². The van der Waals surface area contributed by atoms with Crippen molar-refractivity contribution < 1.29 is 14.1 Å². The molecule has 1 amide bonds. The summed E-state index contributed by atoms with van der Waals surface area (Å²) in [6.45, 7) is 0.574. The maximum atomic E-state index is 12.9. The number of nitrogens with one attached hydrogen (secondary N) is 1. The molecule has 0 unspecified atom stereocenters. The Morgan fingerprint density at radius 1 is 1.37 bits per heavy atom. The number of hydrogen-bond donors (Lipinski definition) is 2. The highest BCUT2D eigenvalue weighted by molar-refractivity contribution is 5.92. The van der Waals surface area contributed by atoms with E-state index in [9.17, 15) is 19.3 Å². The third-order valence-electron chi connectivity index (χ3n) is 2.54. The summed E-state index contributed by atoms with van der Waals surface area (Å²) in [4.78, 5) is 21.6. The molecule has 6 nitrogen and oxygen atoms in total. The van der Waals surface area contributed by atoms with Crippen molar-refractivity contribution in [2.45, 2.75) is 25.7 Å². The SMILES string of the molecule is NCCCCCC(=O)Nc1ccc(F)cc1[N+](=O)[O-]. The lowest BCUT2D eigenvalue weighted by molar-refractivity contribution is -0.384. The second kappa shape index (κ2) is 7.42. The number of nitro benzene ring substituents is 1. The maximum Gasteiger partial charge on any atom is 0.295 e. The third-order valence-corrected chi connectivity index (χ3v) is 2.54. The predicted octanol–water partition coefficient (Wildman–Crippen LogP) is 2.19. The summed E-state index contributed by atoms with van der Waals surface area (Å²) in [6, 6.07) is 3.03. The Bertz CT molecular complexity index is 466. The number of carbonyl (C=O) groups excluding carboxylic acids is 1. The van der Waals surface area contributed by atoms with Crippen molar-refractivity contribution in [1.82, 2.24) is 0 Å². The normalized spacial score (nSPS) is 10.2. The number of nitrogens with two attached hydrogens (primary N) is 1. The molecule has 0 aromatic heterocycles. The summed E-state index contributed by atoms with van der Waals surface area (Å²) in [7, 11) is 0. The van der Waals surface area contributed by atoms with Crippen LogP contribution in [-0.4, -0.2) is 17.4 Å². The van der Waals surface area contributed by atoms with Crippen molar-refractivity contribution in [2.24, 2.45) is 5.73 Å². The van der Waals surface area contributed by atoms with Crippen molar-refractivity contribution in [3.8, 4) is 0 Å². The number of anilines is 1. The van der Waals surface area contributed by atoms with E-state index in [-0.39, 0.29) is 18.0 Å². The average molecular weight is 269 g/mol. The lowest BCUT2D eigenvalue weighted by Crippen LogP contribution is -2.12. The number of hydrogen-bond acceptors (Lipinski definition) is 4. The van der Waals surface area contributed by atoms with Gasteiger partial charge in [-0.2, -0.15) is 0 Å². The molecule has 0 saturated carbocycles. The Hall–Kier alpha value is -2.02. The Morgan fingerprint density at radius 3 is 2.74 bits per heavy atom. The van der Waals surface area contributed by atoms with E-state index in [2.05, 4.69) is 5.32 Å². The number of halogens is 1. The molecule has 0 saturated heterocycles. The molecule has 0 aliphatic heterocycles. The highest BCUT2D eigenvalue weighted by Crippen LogP contribution is 2.25. The summed E-state index contributed by atoms with van der Waals surface area (Å²) >= 11 is 0. The van der Waals surface area contributed by atoms with Gasteiger partial charge in [0.1, 0.15) is 11.5 Å². The second-order valence-corrected chi connectivity index (χ2v) is 4.07. The summed E-state index contributed by atoms with van der Waals surface area (Å²) in [6.07, 6.45) is 2.59. The van der Waals surface area contributed by atoms with Gasteiger partial charge in [0.2, 0.25) is 5.91 Å². The summed E-state index contributed by atoms with van der Waals surface area (Å²) in [5.41, 5.74) is 4.89. The van der Waals surface area contributed by atoms with Crippen molar-refractivity contribution in [3.05, 3.63) is 34.1 Å². The number of nitrogens with zero attached hydrogens (tertiary/aromatic N) is 1. The van der Waals surface area contributed by atoms with Crippen LogP contribution >= 0.6 is 0 Å². The van der Waals surface area contributed by atoms with Gasteiger partial charge in [0, 0.05) is 6.42 Å². The minimum Gasteiger partial charge on any atom is -0.330 e. The average Bonchev–Trinajstić information content (AvgIpc) is 2.36. The fourth-order valence-corrected chi connectivity index (χ4v) is 1.58. The fraction of sp³-hybridized carbons (Fsp3) is 0.417. The van der Waals surface area contributed by atoms with Gasteiger partial charge in [0.15, 0.2) is 0 Å². The standard InChI is InChI=1S/C12H16FN3O3/c13-9-5-6-10(11(8-9)16(18)19)15-12(17)4-2-1-3-7-14/h5-6,8H,1-4,7,14H2,(H,15,17). The maximum absolute atomic E-state index is 12.9. The van der Waals surface area contributed by atoms with Gasteiger partial charge in [-0.05, 0) is 31.5 Å². The molecule has 0 spiro atoms. The largest absolute Gasteiger partial charge is 0.330 e. The lowest BCUT2D eigenvalue weighted by atomic mass is 10.2. The van der Waals surface area contributed by atoms with Crippen LogP contribution in [0.4, 0.5) is 15.8 Å². The first kappa shape index (κ1) is 15.0. The highest BCUT2D eigenvalue weighted by Gasteiger charge is 2.16. The summed E-state index contributed by atoms with van der Waals surface area (Å²) < 4.78 is 12.9. The molecule has 0 aliphatic rings. The lowest BCUT2D eigenvalue weighted by Gasteiger charge is -2.06. The quantitative estimate of drug-likeness (QED) is 0.450.